The first-order valence-corrected chi connectivity index (χ1v) is 5.75. The van der Waals surface area contributed by atoms with Gasteiger partial charge in [0.15, 0.2) is 5.78 Å². The van der Waals surface area contributed by atoms with Crippen molar-refractivity contribution >= 4 is 5.78 Å². The summed E-state index contributed by atoms with van der Waals surface area (Å²) in [5, 5.41) is 3.18. The molecule has 3 heteroatoms. The SMILES string of the molecule is CCc1cccc(C(=O)C2COCCN2)c1. The van der Waals surface area contributed by atoms with Crippen LogP contribution in [0.2, 0.25) is 0 Å². The molecule has 2 rings (SSSR count). The molecular weight excluding hydrogens is 202 g/mol. The number of morpholine rings is 1. The van der Waals surface area contributed by atoms with Crippen molar-refractivity contribution < 1.29 is 9.53 Å². The van der Waals surface area contributed by atoms with Gasteiger partial charge >= 0.3 is 0 Å². The standard InChI is InChI=1S/C13H17NO2/c1-2-10-4-3-5-11(8-10)13(15)12-9-16-7-6-14-12/h3-5,8,12,14H,2,6-7,9H2,1H3. The van der Waals surface area contributed by atoms with E-state index in [1.807, 2.05) is 24.3 Å². The second-order valence-electron chi connectivity index (χ2n) is 4.00. The molecule has 1 aliphatic rings. The average molecular weight is 219 g/mol. The molecule has 3 nitrogen and oxygen atoms in total. The number of aryl methyl sites for hydroxylation is 1. The van der Waals surface area contributed by atoms with Gasteiger partial charge in [0.1, 0.15) is 0 Å². The number of carbonyl (C=O) groups is 1. The summed E-state index contributed by atoms with van der Waals surface area (Å²) in [5.41, 5.74) is 1.98. The predicted molar refractivity (Wildman–Crippen MR) is 62.8 cm³/mol. The zero-order valence-corrected chi connectivity index (χ0v) is 9.53. The van der Waals surface area contributed by atoms with E-state index in [4.69, 9.17) is 4.74 Å². The van der Waals surface area contributed by atoms with Crippen LogP contribution in [-0.2, 0) is 11.2 Å². The zero-order valence-electron chi connectivity index (χ0n) is 9.53. The Hall–Kier alpha value is -1.19. The smallest absolute Gasteiger partial charge is 0.182 e. The topological polar surface area (TPSA) is 38.3 Å². The van der Waals surface area contributed by atoms with Gasteiger partial charge < -0.3 is 10.1 Å². The summed E-state index contributed by atoms with van der Waals surface area (Å²) in [7, 11) is 0. The minimum atomic E-state index is -0.180. The van der Waals surface area contributed by atoms with Crippen LogP contribution in [0.1, 0.15) is 22.8 Å². The fourth-order valence-corrected chi connectivity index (χ4v) is 1.88. The summed E-state index contributed by atoms with van der Waals surface area (Å²) >= 11 is 0. The highest BCUT2D eigenvalue weighted by molar-refractivity contribution is 6.00. The van der Waals surface area contributed by atoms with Gasteiger partial charge in [-0.3, -0.25) is 4.79 Å². The van der Waals surface area contributed by atoms with E-state index >= 15 is 0 Å². The van der Waals surface area contributed by atoms with E-state index in [-0.39, 0.29) is 11.8 Å². The molecule has 0 spiro atoms. The maximum atomic E-state index is 12.1. The van der Waals surface area contributed by atoms with Crippen molar-refractivity contribution in [3.8, 4) is 0 Å². The van der Waals surface area contributed by atoms with Gasteiger partial charge in [-0.25, -0.2) is 0 Å². The quantitative estimate of drug-likeness (QED) is 0.781. The van der Waals surface area contributed by atoms with Crippen molar-refractivity contribution in [3.05, 3.63) is 35.4 Å². The van der Waals surface area contributed by atoms with Crippen LogP contribution in [0.3, 0.4) is 0 Å². The van der Waals surface area contributed by atoms with Crippen LogP contribution >= 0.6 is 0 Å². The molecule has 0 aliphatic carbocycles. The number of ether oxygens (including phenoxy) is 1. The number of nitrogens with one attached hydrogen (secondary N) is 1. The fraction of sp³-hybridized carbons (Fsp3) is 0.462. The molecule has 1 fully saturated rings. The third-order valence-corrected chi connectivity index (χ3v) is 2.86. The first-order chi connectivity index (χ1) is 7.81. The second kappa shape index (κ2) is 5.23. The molecule has 1 aromatic rings. The molecule has 0 saturated carbocycles. The Balaban J connectivity index is 2.12. The molecule has 0 amide bonds. The van der Waals surface area contributed by atoms with E-state index in [1.165, 1.54) is 5.56 Å². The Kier molecular flexibility index (Phi) is 3.70. The molecular formula is C13H17NO2. The van der Waals surface area contributed by atoms with Crippen molar-refractivity contribution in [1.82, 2.24) is 5.32 Å². The highest BCUT2D eigenvalue weighted by Crippen LogP contribution is 2.10. The summed E-state index contributed by atoms with van der Waals surface area (Å²) in [5.74, 6) is 0.134. The Bertz CT molecular complexity index is 370. The third kappa shape index (κ3) is 2.49. The van der Waals surface area contributed by atoms with Gasteiger partial charge in [-0.15, -0.1) is 0 Å². The molecule has 86 valence electrons. The Morgan fingerprint density at radius 3 is 3.12 bits per heavy atom. The number of rotatable bonds is 3. The first kappa shape index (κ1) is 11.3. The lowest BCUT2D eigenvalue weighted by atomic mass is 10.0. The average Bonchev–Trinajstić information content (AvgIpc) is 2.39. The number of hydrogen-bond donors (Lipinski definition) is 1. The number of benzene rings is 1. The van der Waals surface area contributed by atoms with Gasteiger partial charge in [0, 0.05) is 12.1 Å². The lowest BCUT2D eigenvalue weighted by Gasteiger charge is -2.22. The summed E-state index contributed by atoms with van der Waals surface area (Å²) in [6.45, 7) is 4.02. The van der Waals surface area contributed by atoms with Crippen LogP contribution in [0.15, 0.2) is 24.3 Å². The molecule has 1 saturated heterocycles. The van der Waals surface area contributed by atoms with Crippen molar-refractivity contribution in [2.45, 2.75) is 19.4 Å². The monoisotopic (exact) mass is 219 g/mol. The first-order valence-electron chi connectivity index (χ1n) is 5.75. The van der Waals surface area contributed by atoms with E-state index in [9.17, 15) is 4.79 Å². The molecule has 1 atom stereocenters. The van der Waals surface area contributed by atoms with Crippen LogP contribution in [0.4, 0.5) is 0 Å². The van der Waals surface area contributed by atoms with Gasteiger partial charge in [0.05, 0.1) is 19.3 Å². The minimum Gasteiger partial charge on any atom is -0.378 e. The normalized spacial score (nSPS) is 20.7. The second-order valence-corrected chi connectivity index (χ2v) is 4.00. The lowest BCUT2D eigenvalue weighted by molar-refractivity contribution is 0.0607. The van der Waals surface area contributed by atoms with Crippen LogP contribution in [0, 0.1) is 0 Å². The third-order valence-electron chi connectivity index (χ3n) is 2.86. The van der Waals surface area contributed by atoms with E-state index in [0.29, 0.717) is 13.2 Å². The number of hydrogen-bond acceptors (Lipinski definition) is 3. The molecule has 1 heterocycles. The summed E-state index contributed by atoms with van der Waals surface area (Å²) < 4.78 is 5.30. The van der Waals surface area contributed by atoms with E-state index in [2.05, 4.69) is 12.2 Å². The molecule has 1 N–H and O–H groups in total. The molecule has 0 radical (unpaired) electrons. The molecule has 0 aromatic heterocycles. The largest absolute Gasteiger partial charge is 0.378 e. The maximum Gasteiger partial charge on any atom is 0.182 e. The molecule has 1 aliphatic heterocycles. The van der Waals surface area contributed by atoms with E-state index in [1.54, 1.807) is 0 Å². The van der Waals surface area contributed by atoms with Crippen LogP contribution in [0.5, 0.6) is 0 Å². The highest BCUT2D eigenvalue weighted by atomic mass is 16.5. The van der Waals surface area contributed by atoms with Gasteiger partial charge in [-0.1, -0.05) is 25.1 Å². The maximum absolute atomic E-state index is 12.1. The van der Waals surface area contributed by atoms with Crippen LogP contribution in [-0.4, -0.2) is 31.6 Å². The van der Waals surface area contributed by atoms with Crippen molar-refractivity contribution in [2.75, 3.05) is 19.8 Å². The molecule has 0 bridgehead atoms. The zero-order chi connectivity index (χ0) is 11.4. The van der Waals surface area contributed by atoms with Crippen LogP contribution in [0.25, 0.3) is 0 Å². The Labute approximate surface area is 95.8 Å². The van der Waals surface area contributed by atoms with Crippen molar-refractivity contribution in [3.63, 3.8) is 0 Å². The fourth-order valence-electron chi connectivity index (χ4n) is 1.88. The van der Waals surface area contributed by atoms with E-state index < -0.39 is 0 Å². The van der Waals surface area contributed by atoms with Crippen molar-refractivity contribution in [1.29, 1.82) is 0 Å². The van der Waals surface area contributed by atoms with Crippen molar-refractivity contribution in [2.24, 2.45) is 0 Å². The number of carbonyl (C=O) groups excluding carboxylic acids is 1. The molecule has 1 aromatic carbocycles. The Morgan fingerprint density at radius 1 is 1.56 bits per heavy atom. The summed E-state index contributed by atoms with van der Waals surface area (Å²) in [6, 6.07) is 7.65. The van der Waals surface area contributed by atoms with Gasteiger partial charge in [0.25, 0.3) is 0 Å². The minimum absolute atomic E-state index is 0.134. The van der Waals surface area contributed by atoms with Gasteiger partial charge in [-0.2, -0.15) is 0 Å². The van der Waals surface area contributed by atoms with Crippen LogP contribution < -0.4 is 5.32 Å². The predicted octanol–water partition coefficient (Wildman–Crippen LogP) is 1.42. The summed E-state index contributed by atoms with van der Waals surface area (Å²) in [6.07, 6.45) is 0.954. The molecule has 1 unspecified atom stereocenters. The number of ketones is 1. The van der Waals surface area contributed by atoms with Gasteiger partial charge in [0.2, 0.25) is 0 Å². The lowest BCUT2D eigenvalue weighted by Crippen LogP contribution is -2.46. The van der Waals surface area contributed by atoms with Gasteiger partial charge in [-0.05, 0) is 18.1 Å². The summed E-state index contributed by atoms with van der Waals surface area (Å²) in [4.78, 5) is 12.1. The highest BCUT2D eigenvalue weighted by Gasteiger charge is 2.22. The Morgan fingerprint density at radius 2 is 2.44 bits per heavy atom. The number of Topliss-reactive ketones (excluding diaryl/α,β-unsaturated/α-hetero) is 1. The molecule has 16 heavy (non-hydrogen) atoms. The van der Waals surface area contributed by atoms with E-state index in [0.717, 1.165) is 18.5 Å².